The minimum Gasteiger partial charge on any atom is -0.482 e. The Balaban J connectivity index is 2.51. The van der Waals surface area contributed by atoms with E-state index in [0.717, 1.165) is 0 Å². The Morgan fingerprint density at radius 3 is 2.86 bits per heavy atom. The van der Waals surface area contributed by atoms with Gasteiger partial charge in [0.05, 0.1) is 5.69 Å². The molecule has 1 heterocycles. The lowest BCUT2D eigenvalue weighted by Gasteiger charge is -2.24. The van der Waals surface area contributed by atoms with Crippen LogP contribution in [0.5, 0.6) is 5.75 Å². The second-order valence-corrected chi connectivity index (χ2v) is 2.77. The molecule has 0 saturated carbocycles. The number of ether oxygens (including phenoxy) is 1. The number of carbonyl (C=O) groups is 2. The maximum atomic E-state index is 11.2. The van der Waals surface area contributed by atoms with Crippen LogP contribution in [-0.2, 0) is 4.79 Å². The van der Waals surface area contributed by atoms with Gasteiger partial charge in [0.25, 0.3) is 5.91 Å². The lowest BCUT2D eigenvalue weighted by Crippen LogP contribution is -2.42. The number of hydrogen-bond acceptors (Lipinski definition) is 3. The molecule has 0 unspecified atom stereocenters. The van der Waals surface area contributed by atoms with Crippen LogP contribution < -0.4 is 9.64 Å². The van der Waals surface area contributed by atoms with Crippen LogP contribution in [0.15, 0.2) is 24.3 Å². The van der Waals surface area contributed by atoms with Gasteiger partial charge >= 0.3 is 6.09 Å². The Hall–Kier alpha value is -2.04. The van der Waals surface area contributed by atoms with Gasteiger partial charge in [0, 0.05) is 0 Å². The van der Waals surface area contributed by atoms with Crippen molar-refractivity contribution in [3.8, 4) is 5.75 Å². The van der Waals surface area contributed by atoms with Crippen LogP contribution in [0.1, 0.15) is 0 Å². The van der Waals surface area contributed by atoms with Gasteiger partial charge < -0.3 is 9.84 Å². The number of fused-ring (bicyclic) bond motifs is 1. The van der Waals surface area contributed by atoms with E-state index in [1.165, 1.54) is 6.07 Å². The number of hydrogen-bond donors (Lipinski definition) is 1. The first kappa shape index (κ1) is 8.55. The summed E-state index contributed by atoms with van der Waals surface area (Å²) < 4.78 is 5.06. The molecule has 0 atom stereocenters. The fraction of sp³-hybridized carbons (Fsp3) is 0.111. The molecule has 0 fully saturated rings. The zero-order chi connectivity index (χ0) is 10.1. The lowest BCUT2D eigenvalue weighted by molar-refractivity contribution is -0.120. The van der Waals surface area contributed by atoms with E-state index < -0.39 is 12.0 Å². The van der Waals surface area contributed by atoms with Gasteiger partial charge in [-0.2, -0.15) is 0 Å². The molecule has 1 N–H and O–H groups in total. The van der Waals surface area contributed by atoms with Crippen molar-refractivity contribution < 1.29 is 19.4 Å². The van der Waals surface area contributed by atoms with Crippen molar-refractivity contribution in [2.45, 2.75) is 0 Å². The molecular weight excluding hydrogens is 186 g/mol. The van der Waals surface area contributed by atoms with Gasteiger partial charge in [-0.3, -0.25) is 4.79 Å². The fourth-order valence-corrected chi connectivity index (χ4v) is 1.31. The Morgan fingerprint density at radius 1 is 1.43 bits per heavy atom. The van der Waals surface area contributed by atoms with Crippen molar-refractivity contribution in [1.29, 1.82) is 0 Å². The summed E-state index contributed by atoms with van der Waals surface area (Å²) in [5.74, 6) is -0.161. The summed E-state index contributed by atoms with van der Waals surface area (Å²) >= 11 is 0. The second kappa shape index (κ2) is 3.02. The molecule has 0 spiro atoms. The minimum absolute atomic E-state index is 0.233. The molecule has 1 aliphatic heterocycles. The van der Waals surface area contributed by atoms with Gasteiger partial charge in [0.1, 0.15) is 5.75 Å². The molecule has 0 radical (unpaired) electrons. The largest absolute Gasteiger partial charge is 0.482 e. The maximum Gasteiger partial charge on any atom is 0.418 e. The Kier molecular flexibility index (Phi) is 1.85. The van der Waals surface area contributed by atoms with Crippen molar-refractivity contribution in [2.75, 3.05) is 11.5 Å². The van der Waals surface area contributed by atoms with Crippen LogP contribution in [0, 0.1) is 0 Å². The number of imide groups is 1. The van der Waals surface area contributed by atoms with E-state index in [1.807, 2.05) is 0 Å². The van der Waals surface area contributed by atoms with E-state index in [-0.39, 0.29) is 12.3 Å². The number of rotatable bonds is 0. The second-order valence-electron chi connectivity index (χ2n) is 2.77. The normalized spacial score (nSPS) is 14.6. The van der Waals surface area contributed by atoms with Crippen molar-refractivity contribution in [3.63, 3.8) is 0 Å². The first-order valence-electron chi connectivity index (χ1n) is 3.98. The van der Waals surface area contributed by atoms with Crippen LogP contribution in [-0.4, -0.2) is 23.7 Å². The van der Waals surface area contributed by atoms with Gasteiger partial charge in [-0.05, 0) is 12.1 Å². The number of carboxylic acid groups (broad SMARTS) is 1. The highest BCUT2D eigenvalue weighted by atomic mass is 16.5. The molecule has 5 nitrogen and oxygen atoms in total. The molecule has 0 aliphatic carbocycles. The predicted octanol–water partition coefficient (Wildman–Crippen LogP) is 1.09. The van der Waals surface area contributed by atoms with Crippen LogP contribution >= 0.6 is 0 Å². The number of nitrogens with zero attached hydrogens (tertiary/aromatic N) is 1. The lowest BCUT2D eigenvalue weighted by atomic mass is 10.2. The van der Waals surface area contributed by atoms with E-state index in [1.54, 1.807) is 18.2 Å². The Morgan fingerprint density at radius 2 is 2.14 bits per heavy atom. The molecule has 72 valence electrons. The first-order chi connectivity index (χ1) is 6.70. The summed E-state index contributed by atoms with van der Waals surface area (Å²) in [5.41, 5.74) is 0.274. The highest BCUT2D eigenvalue weighted by Gasteiger charge is 2.30. The van der Waals surface area contributed by atoms with Crippen molar-refractivity contribution >= 4 is 17.7 Å². The van der Waals surface area contributed by atoms with E-state index in [9.17, 15) is 9.59 Å². The van der Waals surface area contributed by atoms with Crippen molar-refractivity contribution in [1.82, 2.24) is 0 Å². The molecule has 1 aromatic rings. The molecule has 0 bridgehead atoms. The highest BCUT2D eigenvalue weighted by molar-refractivity contribution is 6.14. The highest BCUT2D eigenvalue weighted by Crippen LogP contribution is 2.31. The Bertz CT molecular complexity index is 402. The zero-order valence-corrected chi connectivity index (χ0v) is 7.14. The van der Waals surface area contributed by atoms with Gasteiger partial charge in [-0.15, -0.1) is 0 Å². The first-order valence-corrected chi connectivity index (χ1v) is 3.98. The molecule has 0 aromatic heterocycles. The monoisotopic (exact) mass is 193 g/mol. The average molecular weight is 193 g/mol. The number of anilines is 1. The molecule has 1 aromatic carbocycles. The van der Waals surface area contributed by atoms with Crippen LogP contribution in [0.4, 0.5) is 10.5 Å². The third kappa shape index (κ3) is 1.19. The third-order valence-corrected chi connectivity index (χ3v) is 1.90. The number of benzene rings is 1. The van der Waals surface area contributed by atoms with Crippen LogP contribution in [0.25, 0.3) is 0 Å². The molecule has 2 amide bonds. The van der Waals surface area contributed by atoms with E-state index in [4.69, 9.17) is 9.84 Å². The quantitative estimate of drug-likeness (QED) is 0.669. The zero-order valence-electron chi connectivity index (χ0n) is 7.14. The van der Waals surface area contributed by atoms with Crippen LogP contribution in [0.2, 0.25) is 0 Å². The molecule has 2 rings (SSSR count). The summed E-state index contributed by atoms with van der Waals surface area (Å²) in [7, 11) is 0. The van der Waals surface area contributed by atoms with E-state index in [2.05, 4.69) is 0 Å². The summed E-state index contributed by atoms with van der Waals surface area (Å²) in [6, 6.07) is 6.52. The molecule has 0 saturated heterocycles. The third-order valence-electron chi connectivity index (χ3n) is 1.90. The summed E-state index contributed by atoms with van der Waals surface area (Å²) in [6.07, 6.45) is -1.29. The number of amides is 2. The van der Waals surface area contributed by atoms with E-state index >= 15 is 0 Å². The SMILES string of the molecule is O=C(O)N1C(=O)COc2ccccc21. The molecule has 1 aliphatic rings. The summed E-state index contributed by atoms with van der Waals surface area (Å²) in [5, 5.41) is 8.80. The smallest absolute Gasteiger partial charge is 0.418 e. The predicted molar refractivity (Wildman–Crippen MR) is 47.4 cm³/mol. The fourth-order valence-electron chi connectivity index (χ4n) is 1.31. The molecule has 5 heteroatoms. The van der Waals surface area contributed by atoms with Gasteiger partial charge in [-0.1, -0.05) is 12.1 Å². The van der Waals surface area contributed by atoms with Gasteiger partial charge in [0.15, 0.2) is 6.61 Å². The van der Waals surface area contributed by atoms with Gasteiger partial charge in [0.2, 0.25) is 0 Å². The van der Waals surface area contributed by atoms with Gasteiger partial charge in [-0.25, -0.2) is 9.69 Å². The standard InChI is InChI=1S/C9H7NO4/c11-8-5-14-7-4-2-1-3-6(7)10(8)9(12)13/h1-4H,5H2,(H,12,13). The molecule has 14 heavy (non-hydrogen) atoms. The number of para-hydroxylation sites is 2. The molecular formula is C9H7NO4. The van der Waals surface area contributed by atoms with Crippen LogP contribution in [0.3, 0.4) is 0 Å². The topological polar surface area (TPSA) is 66.8 Å². The summed E-state index contributed by atoms with van der Waals surface area (Å²) in [4.78, 5) is 22.7. The van der Waals surface area contributed by atoms with Crippen molar-refractivity contribution in [2.24, 2.45) is 0 Å². The Labute approximate surface area is 79.5 Å². The average Bonchev–Trinajstić information content (AvgIpc) is 2.17. The van der Waals surface area contributed by atoms with E-state index in [0.29, 0.717) is 10.6 Å². The summed E-state index contributed by atoms with van der Waals surface area (Å²) in [6.45, 7) is -0.233. The minimum atomic E-state index is -1.29. The number of carbonyl (C=O) groups excluding carboxylic acids is 1. The maximum absolute atomic E-state index is 11.2. The van der Waals surface area contributed by atoms with Crippen molar-refractivity contribution in [3.05, 3.63) is 24.3 Å².